The SMILES string of the molecule is CCOC(=O)[C@@H](S)[C@@H](S)C(=O)OCC. The van der Waals surface area contributed by atoms with Crippen molar-refractivity contribution in [3.63, 3.8) is 0 Å². The number of carbonyl (C=O) groups excluding carboxylic acids is 2. The number of thiol groups is 2. The van der Waals surface area contributed by atoms with E-state index in [1.165, 1.54) is 0 Å². The zero-order valence-electron chi connectivity index (χ0n) is 8.10. The molecule has 0 saturated carbocycles. The van der Waals surface area contributed by atoms with Gasteiger partial charge in [0.25, 0.3) is 0 Å². The summed E-state index contributed by atoms with van der Waals surface area (Å²) in [6.07, 6.45) is 0. The van der Waals surface area contributed by atoms with E-state index in [1.54, 1.807) is 13.8 Å². The van der Waals surface area contributed by atoms with Gasteiger partial charge in [0.2, 0.25) is 0 Å². The van der Waals surface area contributed by atoms with Gasteiger partial charge in [-0.1, -0.05) is 0 Å². The summed E-state index contributed by atoms with van der Waals surface area (Å²) in [7, 11) is 0. The van der Waals surface area contributed by atoms with E-state index < -0.39 is 22.4 Å². The van der Waals surface area contributed by atoms with Crippen LogP contribution in [0, 0.1) is 0 Å². The maximum atomic E-state index is 11.1. The molecule has 0 aliphatic heterocycles. The molecule has 0 aromatic heterocycles. The first kappa shape index (κ1) is 13.6. The molecule has 0 amide bonds. The topological polar surface area (TPSA) is 52.6 Å². The number of carbonyl (C=O) groups is 2. The number of esters is 2. The van der Waals surface area contributed by atoms with E-state index in [-0.39, 0.29) is 13.2 Å². The Morgan fingerprint density at radius 3 is 1.50 bits per heavy atom. The minimum Gasteiger partial charge on any atom is -0.465 e. The Bertz CT molecular complexity index is 186. The second-order valence-electron chi connectivity index (χ2n) is 2.39. The molecule has 0 N–H and O–H groups in total. The lowest BCUT2D eigenvalue weighted by Crippen LogP contribution is -2.34. The molecule has 0 bridgehead atoms. The van der Waals surface area contributed by atoms with E-state index in [1.807, 2.05) is 0 Å². The average Bonchev–Trinajstić information content (AvgIpc) is 2.16. The van der Waals surface area contributed by atoms with Crippen LogP contribution in [0.15, 0.2) is 0 Å². The molecule has 2 atom stereocenters. The summed E-state index contributed by atoms with van der Waals surface area (Å²) >= 11 is 7.87. The van der Waals surface area contributed by atoms with Crippen LogP contribution in [-0.2, 0) is 19.1 Å². The van der Waals surface area contributed by atoms with Crippen LogP contribution in [0.2, 0.25) is 0 Å². The summed E-state index contributed by atoms with van der Waals surface area (Å²) in [6, 6.07) is 0. The molecule has 0 aromatic carbocycles. The lowest BCUT2D eigenvalue weighted by Gasteiger charge is -2.15. The Morgan fingerprint density at radius 2 is 1.29 bits per heavy atom. The van der Waals surface area contributed by atoms with Crippen LogP contribution < -0.4 is 0 Å². The quantitative estimate of drug-likeness (QED) is 0.547. The third kappa shape index (κ3) is 4.23. The normalized spacial score (nSPS) is 14.3. The van der Waals surface area contributed by atoms with Gasteiger partial charge in [-0.15, -0.1) is 0 Å². The summed E-state index contributed by atoms with van der Waals surface area (Å²) in [4.78, 5) is 22.3. The second kappa shape index (κ2) is 7.00. The standard InChI is InChI=1S/C8H14O4S2/c1-3-11-7(9)5(13)6(14)8(10)12-4-2/h5-6,13-14H,3-4H2,1-2H3/t5-,6+. The van der Waals surface area contributed by atoms with E-state index in [0.29, 0.717) is 0 Å². The summed E-state index contributed by atoms with van der Waals surface area (Å²) in [5.41, 5.74) is 0. The molecule has 0 fully saturated rings. The molecule has 0 saturated heterocycles. The van der Waals surface area contributed by atoms with E-state index >= 15 is 0 Å². The molecule has 0 radical (unpaired) electrons. The van der Waals surface area contributed by atoms with Crippen LogP contribution in [0.5, 0.6) is 0 Å². The summed E-state index contributed by atoms with van der Waals surface area (Å²) in [6.45, 7) is 3.85. The van der Waals surface area contributed by atoms with Crippen molar-refractivity contribution in [3.8, 4) is 0 Å². The molecule has 0 aliphatic carbocycles. The van der Waals surface area contributed by atoms with Crippen LogP contribution in [0.1, 0.15) is 13.8 Å². The van der Waals surface area contributed by atoms with E-state index in [9.17, 15) is 9.59 Å². The highest BCUT2D eigenvalue weighted by molar-refractivity contribution is 7.86. The molecule has 14 heavy (non-hydrogen) atoms. The van der Waals surface area contributed by atoms with Gasteiger partial charge in [-0.25, -0.2) is 0 Å². The molecular weight excluding hydrogens is 224 g/mol. The van der Waals surface area contributed by atoms with Crippen molar-refractivity contribution in [1.82, 2.24) is 0 Å². The lowest BCUT2D eigenvalue weighted by atomic mass is 10.3. The predicted octanol–water partition coefficient (Wildman–Crippen LogP) is 0.709. The van der Waals surface area contributed by atoms with Gasteiger partial charge in [-0.2, -0.15) is 25.3 Å². The Balaban J connectivity index is 4.16. The highest BCUT2D eigenvalue weighted by Gasteiger charge is 2.30. The molecule has 0 heterocycles. The van der Waals surface area contributed by atoms with Gasteiger partial charge in [-0.05, 0) is 13.8 Å². The Morgan fingerprint density at radius 1 is 1.00 bits per heavy atom. The van der Waals surface area contributed by atoms with Gasteiger partial charge in [0.1, 0.15) is 10.5 Å². The first-order valence-electron chi connectivity index (χ1n) is 4.24. The molecular formula is C8H14O4S2. The largest absolute Gasteiger partial charge is 0.465 e. The predicted molar refractivity (Wildman–Crippen MR) is 58.8 cm³/mol. The fourth-order valence-electron chi connectivity index (χ4n) is 0.713. The van der Waals surface area contributed by atoms with Crippen molar-refractivity contribution in [1.29, 1.82) is 0 Å². The van der Waals surface area contributed by atoms with E-state index in [4.69, 9.17) is 0 Å². The molecule has 0 rings (SSSR count). The van der Waals surface area contributed by atoms with Crippen molar-refractivity contribution in [2.45, 2.75) is 24.3 Å². The van der Waals surface area contributed by atoms with Gasteiger partial charge in [0.05, 0.1) is 13.2 Å². The van der Waals surface area contributed by atoms with Crippen LogP contribution >= 0.6 is 25.3 Å². The van der Waals surface area contributed by atoms with Gasteiger partial charge >= 0.3 is 11.9 Å². The highest BCUT2D eigenvalue weighted by atomic mass is 32.1. The number of rotatable bonds is 5. The molecule has 82 valence electrons. The molecule has 4 nitrogen and oxygen atoms in total. The smallest absolute Gasteiger partial charge is 0.320 e. The summed E-state index contributed by atoms with van der Waals surface area (Å²) in [5, 5.41) is -1.78. The van der Waals surface area contributed by atoms with Gasteiger partial charge in [0.15, 0.2) is 0 Å². The van der Waals surface area contributed by atoms with Crippen molar-refractivity contribution >= 4 is 37.2 Å². The van der Waals surface area contributed by atoms with Crippen molar-refractivity contribution in [2.75, 3.05) is 13.2 Å². The molecule has 0 aliphatic rings. The molecule has 0 unspecified atom stereocenters. The third-order valence-electron chi connectivity index (χ3n) is 1.36. The lowest BCUT2D eigenvalue weighted by molar-refractivity contribution is -0.148. The zero-order valence-corrected chi connectivity index (χ0v) is 9.89. The highest BCUT2D eigenvalue weighted by Crippen LogP contribution is 2.12. The monoisotopic (exact) mass is 238 g/mol. The average molecular weight is 238 g/mol. The van der Waals surface area contributed by atoms with E-state index in [0.717, 1.165) is 0 Å². The fourth-order valence-corrected chi connectivity index (χ4v) is 1.11. The first-order chi connectivity index (χ1) is 6.54. The Kier molecular flexibility index (Phi) is 6.82. The van der Waals surface area contributed by atoms with Gasteiger partial charge < -0.3 is 9.47 Å². The molecule has 0 aromatic rings. The van der Waals surface area contributed by atoms with Crippen molar-refractivity contribution < 1.29 is 19.1 Å². The first-order valence-corrected chi connectivity index (χ1v) is 5.27. The molecule has 0 spiro atoms. The Hall–Kier alpha value is -0.360. The minimum atomic E-state index is -0.891. The second-order valence-corrected chi connectivity index (χ2v) is 3.51. The van der Waals surface area contributed by atoms with E-state index in [2.05, 4.69) is 34.7 Å². The number of hydrogen-bond donors (Lipinski definition) is 2. The number of ether oxygens (including phenoxy) is 2. The van der Waals surface area contributed by atoms with Crippen LogP contribution in [0.3, 0.4) is 0 Å². The van der Waals surface area contributed by atoms with Gasteiger partial charge in [0, 0.05) is 0 Å². The molecule has 6 heteroatoms. The maximum Gasteiger partial charge on any atom is 0.320 e. The summed E-state index contributed by atoms with van der Waals surface area (Å²) < 4.78 is 9.36. The Labute approximate surface area is 94.2 Å². The van der Waals surface area contributed by atoms with Crippen LogP contribution in [0.25, 0.3) is 0 Å². The fraction of sp³-hybridized carbons (Fsp3) is 0.750. The number of hydrogen-bond acceptors (Lipinski definition) is 6. The van der Waals surface area contributed by atoms with Crippen molar-refractivity contribution in [2.24, 2.45) is 0 Å². The van der Waals surface area contributed by atoms with Crippen LogP contribution in [0.4, 0.5) is 0 Å². The third-order valence-corrected chi connectivity index (χ3v) is 2.61. The van der Waals surface area contributed by atoms with Crippen molar-refractivity contribution in [3.05, 3.63) is 0 Å². The minimum absolute atomic E-state index is 0.249. The van der Waals surface area contributed by atoms with Gasteiger partial charge in [-0.3, -0.25) is 9.59 Å². The maximum absolute atomic E-state index is 11.1. The summed E-state index contributed by atoms with van der Waals surface area (Å²) in [5.74, 6) is -1.13. The zero-order chi connectivity index (χ0) is 11.1. The van der Waals surface area contributed by atoms with Crippen LogP contribution in [-0.4, -0.2) is 35.7 Å².